The Balaban J connectivity index is 2.52. The first kappa shape index (κ1) is 8.73. The third-order valence-electron chi connectivity index (χ3n) is 1.73. The van der Waals surface area contributed by atoms with Gasteiger partial charge in [-0.05, 0) is 24.3 Å². The van der Waals surface area contributed by atoms with Gasteiger partial charge in [0, 0.05) is 5.56 Å². The molecule has 0 saturated heterocycles. The van der Waals surface area contributed by atoms with Crippen LogP contribution in [0.2, 0.25) is 5.02 Å². The molecule has 0 aliphatic rings. The average Bonchev–Trinajstić information content (AvgIpc) is 2.53. The Bertz CT molecular complexity index is 422. The van der Waals surface area contributed by atoms with E-state index in [1.165, 1.54) is 0 Å². The van der Waals surface area contributed by atoms with Crippen molar-refractivity contribution in [1.29, 1.82) is 0 Å². The molecule has 0 atom stereocenters. The summed E-state index contributed by atoms with van der Waals surface area (Å²) < 4.78 is 5.33. The predicted molar refractivity (Wildman–Crippen MR) is 56.4 cm³/mol. The van der Waals surface area contributed by atoms with E-state index >= 15 is 0 Å². The fraction of sp³-hybridized carbons (Fsp3) is 0. The van der Waals surface area contributed by atoms with Gasteiger partial charge >= 0.3 is 0 Å². The second-order valence-electron chi connectivity index (χ2n) is 2.62. The van der Waals surface area contributed by atoms with Crippen molar-refractivity contribution in [3.8, 4) is 11.3 Å². The summed E-state index contributed by atoms with van der Waals surface area (Å²) >= 11 is 10.1. The molecule has 0 amide bonds. The Hall–Kier alpha value is -0.860. The number of hydrogen-bond donors (Lipinski definition) is 1. The molecule has 2 rings (SSSR count). The summed E-state index contributed by atoms with van der Waals surface area (Å²) in [6.45, 7) is 0. The van der Waals surface area contributed by atoms with Gasteiger partial charge in [0.1, 0.15) is 5.76 Å². The molecule has 2 aromatic rings. The van der Waals surface area contributed by atoms with Crippen LogP contribution in [0.1, 0.15) is 0 Å². The van der Waals surface area contributed by atoms with Gasteiger partial charge in [-0.3, -0.25) is 0 Å². The van der Waals surface area contributed by atoms with Crippen LogP contribution in [-0.2, 0) is 0 Å². The number of halogens is 1. The van der Waals surface area contributed by atoms with E-state index in [4.69, 9.17) is 16.0 Å². The summed E-state index contributed by atoms with van der Waals surface area (Å²) in [7, 11) is 0. The van der Waals surface area contributed by atoms with Crippen LogP contribution in [0.3, 0.4) is 0 Å². The highest BCUT2D eigenvalue weighted by Gasteiger charge is 2.05. The molecule has 0 unspecified atom stereocenters. The first-order valence-corrected chi connectivity index (χ1v) is 4.63. The van der Waals surface area contributed by atoms with E-state index in [0.29, 0.717) is 10.1 Å². The van der Waals surface area contributed by atoms with Gasteiger partial charge in [0.15, 0.2) is 5.09 Å². The summed E-state index contributed by atoms with van der Waals surface area (Å²) in [6.07, 6.45) is 0. The average molecular weight is 211 g/mol. The second-order valence-corrected chi connectivity index (χ2v) is 3.47. The molecule has 1 heterocycles. The molecule has 0 aliphatic carbocycles. The molecule has 0 spiro atoms. The Morgan fingerprint density at radius 2 is 1.85 bits per heavy atom. The largest absolute Gasteiger partial charge is 0.450 e. The number of furan rings is 1. The molecule has 0 N–H and O–H groups in total. The molecule has 66 valence electrons. The first-order valence-electron chi connectivity index (χ1n) is 3.81. The molecule has 3 heteroatoms. The Morgan fingerprint density at radius 3 is 2.46 bits per heavy atom. The normalized spacial score (nSPS) is 10.3. The van der Waals surface area contributed by atoms with Crippen LogP contribution in [0.5, 0.6) is 0 Å². The molecule has 0 bridgehead atoms. The van der Waals surface area contributed by atoms with E-state index < -0.39 is 0 Å². The van der Waals surface area contributed by atoms with Gasteiger partial charge in [-0.15, -0.1) is 12.6 Å². The highest BCUT2D eigenvalue weighted by molar-refractivity contribution is 7.80. The second kappa shape index (κ2) is 3.48. The molecule has 0 radical (unpaired) electrons. The zero-order valence-corrected chi connectivity index (χ0v) is 8.35. The van der Waals surface area contributed by atoms with E-state index in [0.717, 1.165) is 11.3 Å². The molecule has 13 heavy (non-hydrogen) atoms. The van der Waals surface area contributed by atoms with Gasteiger partial charge in [-0.25, -0.2) is 0 Å². The zero-order chi connectivity index (χ0) is 9.26. The zero-order valence-electron chi connectivity index (χ0n) is 6.70. The van der Waals surface area contributed by atoms with Crippen LogP contribution in [0, 0.1) is 0 Å². The highest BCUT2D eigenvalue weighted by Crippen LogP contribution is 2.29. The van der Waals surface area contributed by atoms with Crippen molar-refractivity contribution in [2.24, 2.45) is 0 Å². The summed E-state index contributed by atoms with van der Waals surface area (Å²) in [4.78, 5) is 0. The molecular formula is C10H7ClOS. The quantitative estimate of drug-likeness (QED) is 0.705. The van der Waals surface area contributed by atoms with Gasteiger partial charge in [0.25, 0.3) is 0 Å². The summed E-state index contributed by atoms with van der Waals surface area (Å²) in [5, 5.41) is 1.28. The van der Waals surface area contributed by atoms with E-state index in [-0.39, 0.29) is 0 Å². The topological polar surface area (TPSA) is 13.1 Å². The van der Waals surface area contributed by atoms with Crippen LogP contribution >= 0.6 is 24.2 Å². The number of thiol groups is 1. The maximum absolute atomic E-state index is 5.98. The van der Waals surface area contributed by atoms with Crippen LogP contribution in [-0.4, -0.2) is 0 Å². The highest BCUT2D eigenvalue weighted by atomic mass is 35.5. The van der Waals surface area contributed by atoms with Crippen LogP contribution in [0.25, 0.3) is 11.3 Å². The predicted octanol–water partition coefficient (Wildman–Crippen LogP) is 3.89. The number of hydrogen-bond acceptors (Lipinski definition) is 2. The minimum absolute atomic E-state index is 0.593. The van der Waals surface area contributed by atoms with Crippen molar-refractivity contribution in [2.45, 2.75) is 5.09 Å². The lowest BCUT2D eigenvalue weighted by Gasteiger charge is -1.98. The minimum atomic E-state index is 0.593. The molecule has 1 nitrogen and oxygen atoms in total. The lowest BCUT2D eigenvalue weighted by molar-refractivity contribution is 0.490. The summed E-state index contributed by atoms with van der Waals surface area (Å²) in [6, 6.07) is 11.2. The first-order chi connectivity index (χ1) is 6.27. The van der Waals surface area contributed by atoms with Gasteiger partial charge in [0.2, 0.25) is 0 Å². The van der Waals surface area contributed by atoms with Crippen LogP contribution in [0.15, 0.2) is 45.9 Å². The molecule has 0 aliphatic heterocycles. The van der Waals surface area contributed by atoms with E-state index in [2.05, 4.69) is 12.6 Å². The minimum Gasteiger partial charge on any atom is -0.450 e. The fourth-order valence-electron chi connectivity index (χ4n) is 1.13. The molecule has 1 aromatic heterocycles. The van der Waals surface area contributed by atoms with E-state index in [1.807, 2.05) is 30.3 Å². The third kappa shape index (κ3) is 1.74. The monoisotopic (exact) mass is 210 g/mol. The van der Waals surface area contributed by atoms with Crippen molar-refractivity contribution in [3.63, 3.8) is 0 Å². The van der Waals surface area contributed by atoms with Crippen molar-refractivity contribution in [1.82, 2.24) is 0 Å². The standard InChI is InChI=1S/C10H7ClOS/c11-8-4-2-1-3-7(8)9-5-6-10(13)12-9/h1-6,13H. The molecule has 1 aromatic carbocycles. The Labute approximate surface area is 86.7 Å². The molecule has 0 fully saturated rings. The molecular weight excluding hydrogens is 204 g/mol. The van der Waals surface area contributed by atoms with Crippen molar-refractivity contribution < 1.29 is 4.42 Å². The van der Waals surface area contributed by atoms with Crippen molar-refractivity contribution in [3.05, 3.63) is 41.4 Å². The van der Waals surface area contributed by atoms with Crippen LogP contribution in [0.4, 0.5) is 0 Å². The van der Waals surface area contributed by atoms with E-state index in [1.54, 1.807) is 6.07 Å². The van der Waals surface area contributed by atoms with Gasteiger partial charge < -0.3 is 4.42 Å². The van der Waals surface area contributed by atoms with Crippen molar-refractivity contribution in [2.75, 3.05) is 0 Å². The lowest BCUT2D eigenvalue weighted by Crippen LogP contribution is -1.73. The maximum Gasteiger partial charge on any atom is 0.157 e. The SMILES string of the molecule is Sc1ccc(-c2ccccc2Cl)o1. The van der Waals surface area contributed by atoms with Crippen LogP contribution < -0.4 is 0 Å². The number of rotatable bonds is 1. The lowest BCUT2D eigenvalue weighted by atomic mass is 10.2. The van der Waals surface area contributed by atoms with E-state index in [9.17, 15) is 0 Å². The fourth-order valence-corrected chi connectivity index (χ4v) is 1.54. The number of benzene rings is 1. The van der Waals surface area contributed by atoms with Gasteiger partial charge in [-0.2, -0.15) is 0 Å². The molecule has 0 saturated carbocycles. The smallest absolute Gasteiger partial charge is 0.157 e. The van der Waals surface area contributed by atoms with Crippen molar-refractivity contribution >= 4 is 24.2 Å². The van der Waals surface area contributed by atoms with Gasteiger partial charge in [0.05, 0.1) is 5.02 Å². The summed E-state index contributed by atoms with van der Waals surface area (Å²) in [5.41, 5.74) is 0.893. The van der Waals surface area contributed by atoms with Gasteiger partial charge in [-0.1, -0.05) is 23.7 Å². The third-order valence-corrected chi connectivity index (χ3v) is 2.30. The maximum atomic E-state index is 5.98. The summed E-state index contributed by atoms with van der Waals surface area (Å²) in [5.74, 6) is 0.746. The Morgan fingerprint density at radius 1 is 1.08 bits per heavy atom. The Kier molecular flexibility index (Phi) is 2.34.